The van der Waals surface area contributed by atoms with Crippen LogP contribution in [0.4, 0.5) is 5.82 Å². The van der Waals surface area contributed by atoms with Gasteiger partial charge in [0, 0.05) is 18.3 Å². The van der Waals surface area contributed by atoms with E-state index >= 15 is 0 Å². The Bertz CT molecular complexity index is 1210. The molecule has 2 N–H and O–H groups in total. The molecular weight excluding hydrogens is 434 g/mol. The Morgan fingerprint density at radius 3 is 2.75 bits per heavy atom. The lowest BCUT2D eigenvalue weighted by atomic mass is 10.2. The molecule has 12 heteroatoms. The minimum atomic E-state index is -3.43. The summed E-state index contributed by atoms with van der Waals surface area (Å²) in [5.41, 5.74) is 2.10. The molecule has 1 amide bonds. The third-order valence-electron chi connectivity index (χ3n) is 4.57. The standard InChI is InChI=1S/C20H21N7O4S/c1-2-31-19-12-21-11-17(25-19)14-3-6-16(22-10-14)20(28)23-8-13-7-18(26-24-9-13)27-32(29,30)15-4-5-15/h3,6-7,9-12,15H,2,4-5,8H2,1H3,(H,23,28)(H,26,27). The minimum absolute atomic E-state index is 0.126. The van der Waals surface area contributed by atoms with Gasteiger partial charge in [-0.25, -0.2) is 13.4 Å². The van der Waals surface area contributed by atoms with Crippen molar-refractivity contribution in [3.05, 3.63) is 54.2 Å². The summed E-state index contributed by atoms with van der Waals surface area (Å²) in [6.45, 7) is 2.48. The van der Waals surface area contributed by atoms with Crippen LogP contribution in [0.2, 0.25) is 0 Å². The van der Waals surface area contributed by atoms with Crippen LogP contribution in [0.15, 0.2) is 43.0 Å². The maximum atomic E-state index is 12.4. The molecule has 3 aromatic heterocycles. The topological polar surface area (TPSA) is 149 Å². The number of sulfonamides is 1. The third-order valence-corrected chi connectivity index (χ3v) is 6.41. The van der Waals surface area contributed by atoms with Crippen LogP contribution >= 0.6 is 0 Å². The number of rotatable bonds is 9. The molecule has 1 aliphatic carbocycles. The molecule has 0 aromatic carbocycles. The van der Waals surface area contributed by atoms with Crippen LogP contribution in [0, 0.1) is 0 Å². The number of carbonyl (C=O) groups excluding carboxylic acids is 1. The molecule has 3 aromatic rings. The number of carbonyl (C=O) groups is 1. The van der Waals surface area contributed by atoms with E-state index in [0.717, 1.165) is 0 Å². The summed E-state index contributed by atoms with van der Waals surface area (Å²) in [5, 5.41) is 9.95. The van der Waals surface area contributed by atoms with Gasteiger partial charge in [0.2, 0.25) is 15.9 Å². The molecule has 0 unspecified atom stereocenters. The molecule has 11 nitrogen and oxygen atoms in total. The highest BCUT2D eigenvalue weighted by Gasteiger charge is 2.36. The number of hydrogen-bond acceptors (Lipinski definition) is 9. The first kappa shape index (κ1) is 21.6. The summed E-state index contributed by atoms with van der Waals surface area (Å²) in [6, 6.07) is 4.84. The second kappa shape index (κ2) is 9.22. The fraction of sp³-hybridized carbons (Fsp3) is 0.300. The van der Waals surface area contributed by atoms with Gasteiger partial charge in [-0.3, -0.25) is 19.5 Å². The van der Waals surface area contributed by atoms with Gasteiger partial charge in [-0.05, 0) is 43.5 Å². The summed E-state index contributed by atoms with van der Waals surface area (Å²) in [5.74, 6) is 0.153. The first-order chi connectivity index (χ1) is 15.4. The van der Waals surface area contributed by atoms with E-state index in [1.807, 2.05) is 6.92 Å². The number of hydrogen-bond donors (Lipinski definition) is 2. The summed E-state index contributed by atoms with van der Waals surface area (Å²) >= 11 is 0. The fourth-order valence-electron chi connectivity index (χ4n) is 2.82. The van der Waals surface area contributed by atoms with Crippen molar-refractivity contribution in [2.45, 2.75) is 31.6 Å². The maximum absolute atomic E-state index is 12.4. The largest absolute Gasteiger partial charge is 0.477 e. The van der Waals surface area contributed by atoms with Crippen molar-refractivity contribution in [2.75, 3.05) is 11.3 Å². The molecule has 0 aliphatic heterocycles. The van der Waals surface area contributed by atoms with Crippen LogP contribution in [0.3, 0.4) is 0 Å². The highest BCUT2D eigenvalue weighted by molar-refractivity contribution is 7.93. The second-order valence-corrected chi connectivity index (χ2v) is 9.05. The van der Waals surface area contributed by atoms with Crippen molar-refractivity contribution in [1.82, 2.24) is 30.5 Å². The van der Waals surface area contributed by atoms with E-state index in [1.165, 1.54) is 24.7 Å². The average Bonchev–Trinajstić information content (AvgIpc) is 3.64. The lowest BCUT2D eigenvalue weighted by Crippen LogP contribution is -2.24. The van der Waals surface area contributed by atoms with Crippen molar-refractivity contribution >= 4 is 21.7 Å². The normalized spacial score (nSPS) is 13.4. The first-order valence-corrected chi connectivity index (χ1v) is 11.5. The second-order valence-electron chi connectivity index (χ2n) is 7.09. The predicted octanol–water partition coefficient (Wildman–Crippen LogP) is 1.56. The van der Waals surface area contributed by atoms with Gasteiger partial charge in [-0.2, -0.15) is 5.10 Å². The van der Waals surface area contributed by atoms with Gasteiger partial charge < -0.3 is 10.1 Å². The molecular formula is C20H21N7O4S. The Kier molecular flexibility index (Phi) is 6.21. The van der Waals surface area contributed by atoms with Crippen LogP contribution in [0.25, 0.3) is 11.3 Å². The molecule has 1 saturated carbocycles. The zero-order valence-corrected chi connectivity index (χ0v) is 18.0. The van der Waals surface area contributed by atoms with E-state index in [2.05, 4.69) is 35.2 Å². The fourth-order valence-corrected chi connectivity index (χ4v) is 4.13. The summed E-state index contributed by atoms with van der Waals surface area (Å²) in [7, 11) is -3.43. The summed E-state index contributed by atoms with van der Waals surface area (Å²) in [4.78, 5) is 25.1. The Morgan fingerprint density at radius 1 is 1.19 bits per heavy atom. The van der Waals surface area contributed by atoms with Gasteiger partial charge >= 0.3 is 0 Å². The van der Waals surface area contributed by atoms with Gasteiger partial charge in [0.05, 0.1) is 36.1 Å². The number of nitrogens with one attached hydrogen (secondary N) is 2. The summed E-state index contributed by atoms with van der Waals surface area (Å²) < 4.78 is 31.8. The van der Waals surface area contributed by atoms with Crippen LogP contribution in [-0.2, 0) is 16.6 Å². The van der Waals surface area contributed by atoms with Gasteiger partial charge in [0.1, 0.15) is 5.69 Å². The van der Waals surface area contributed by atoms with Crippen molar-refractivity contribution in [3.8, 4) is 17.1 Å². The van der Waals surface area contributed by atoms with Gasteiger partial charge in [-0.15, -0.1) is 5.10 Å². The quantitative estimate of drug-likeness (QED) is 0.490. The smallest absolute Gasteiger partial charge is 0.270 e. The lowest BCUT2D eigenvalue weighted by Gasteiger charge is -2.08. The van der Waals surface area contributed by atoms with Crippen LogP contribution < -0.4 is 14.8 Å². The molecule has 4 rings (SSSR count). The number of aromatic nitrogens is 5. The molecule has 1 aliphatic rings. The van der Waals surface area contributed by atoms with E-state index in [1.54, 1.807) is 18.3 Å². The van der Waals surface area contributed by atoms with Crippen LogP contribution in [-0.4, -0.2) is 51.3 Å². The number of amides is 1. The van der Waals surface area contributed by atoms with Gasteiger partial charge in [0.25, 0.3) is 5.91 Å². The molecule has 32 heavy (non-hydrogen) atoms. The Labute approximate surface area is 184 Å². The average molecular weight is 456 g/mol. The van der Waals surface area contributed by atoms with Crippen molar-refractivity contribution in [3.63, 3.8) is 0 Å². The van der Waals surface area contributed by atoms with Gasteiger partial charge in [-0.1, -0.05) is 0 Å². The summed E-state index contributed by atoms with van der Waals surface area (Å²) in [6.07, 6.45) is 7.40. The van der Waals surface area contributed by atoms with E-state index in [0.29, 0.717) is 42.1 Å². The van der Waals surface area contributed by atoms with E-state index in [-0.39, 0.29) is 29.2 Å². The zero-order valence-electron chi connectivity index (χ0n) is 17.2. The lowest BCUT2D eigenvalue weighted by molar-refractivity contribution is 0.0946. The highest BCUT2D eigenvalue weighted by atomic mass is 32.2. The number of pyridine rings is 1. The molecule has 0 bridgehead atoms. The van der Waals surface area contributed by atoms with Crippen LogP contribution in [0.5, 0.6) is 5.88 Å². The molecule has 1 fully saturated rings. The van der Waals surface area contributed by atoms with Crippen molar-refractivity contribution in [1.29, 1.82) is 0 Å². The van der Waals surface area contributed by atoms with E-state index in [4.69, 9.17) is 4.74 Å². The predicted molar refractivity (Wildman–Crippen MR) is 115 cm³/mol. The maximum Gasteiger partial charge on any atom is 0.270 e. The Balaban J connectivity index is 1.37. The third kappa shape index (κ3) is 5.32. The molecule has 0 spiro atoms. The van der Waals surface area contributed by atoms with Gasteiger partial charge in [0.15, 0.2) is 5.82 Å². The minimum Gasteiger partial charge on any atom is -0.477 e. The number of ether oxygens (including phenoxy) is 1. The van der Waals surface area contributed by atoms with E-state index < -0.39 is 10.0 Å². The Hall–Kier alpha value is -3.67. The molecule has 166 valence electrons. The van der Waals surface area contributed by atoms with Crippen molar-refractivity contribution < 1.29 is 17.9 Å². The highest BCUT2D eigenvalue weighted by Crippen LogP contribution is 2.29. The first-order valence-electron chi connectivity index (χ1n) is 9.97. The molecule has 0 radical (unpaired) electrons. The number of nitrogens with zero attached hydrogens (tertiary/aromatic N) is 5. The van der Waals surface area contributed by atoms with Crippen molar-refractivity contribution in [2.24, 2.45) is 0 Å². The molecule has 3 heterocycles. The molecule has 0 atom stereocenters. The molecule has 0 saturated heterocycles. The van der Waals surface area contributed by atoms with E-state index in [9.17, 15) is 13.2 Å². The van der Waals surface area contributed by atoms with Crippen LogP contribution in [0.1, 0.15) is 35.8 Å². The zero-order chi connectivity index (χ0) is 22.6. The monoisotopic (exact) mass is 455 g/mol. The Morgan fingerprint density at radius 2 is 2.03 bits per heavy atom. The SMILES string of the molecule is CCOc1cncc(-c2ccc(C(=O)NCc3cnnc(NS(=O)(=O)C4CC4)c3)nc2)n1. The number of anilines is 1.